The van der Waals surface area contributed by atoms with Gasteiger partial charge in [-0.05, 0) is 30.7 Å². The lowest BCUT2D eigenvalue weighted by molar-refractivity contribution is -0.117. The second-order valence-corrected chi connectivity index (χ2v) is 5.90. The van der Waals surface area contributed by atoms with Crippen molar-refractivity contribution in [2.45, 2.75) is 11.3 Å². The lowest BCUT2D eigenvalue weighted by Crippen LogP contribution is -2.25. The summed E-state index contributed by atoms with van der Waals surface area (Å²) in [7, 11) is -4.35. The number of nitrogens with two attached hydrogens (primary N) is 2. The van der Waals surface area contributed by atoms with Crippen LogP contribution in [0, 0.1) is 5.92 Å². The molecule has 1 atom stereocenters. The highest BCUT2D eigenvalue weighted by atomic mass is 32.2. The van der Waals surface area contributed by atoms with Gasteiger partial charge in [0.2, 0.25) is 5.91 Å². The molecular formula is C11H15N3O4S. The van der Waals surface area contributed by atoms with E-state index in [2.05, 4.69) is 0 Å². The molecule has 8 heteroatoms. The lowest BCUT2D eigenvalue weighted by Gasteiger charge is -2.17. The second kappa shape index (κ2) is 4.80. The fourth-order valence-corrected chi connectivity index (χ4v) is 2.72. The van der Waals surface area contributed by atoms with E-state index in [4.69, 9.17) is 16.0 Å². The van der Waals surface area contributed by atoms with E-state index in [9.17, 15) is 13.2 Å². The first-order chi connectivity index (χ1) is 8.82. The zero-order valence-corrected chi connectivity index (χ0v) is 10.9. The van der Waals surface area contributed by atoms with Crippen molar-refractivity contribution in [3.8, 4) is 0 Å². The second-order valence-electron chi connectivity index (χ2n) is 4.51. The van der Waals surface area contributed by atoms with E-state index in [-0.39, 0.29) is 22.4 Å². The van der Waals surface area contributed by atoms with Gasteiger partial charge in [-0.25, -0.2) is 0 Å². The van der Waals surface area contributed by atoms with Gasteiger partial charge in [-0.2, -0.15) is 8.42 Å². The molecule has 1 aromatic carbocycles. The molecule has 104 valence electrons. The van der Waals surface area contributed by atoms with Gasteiger partial charge in [0, 0.05) is 18.7 Å². The summed E-state index contributed by atoms with van der Waals surface area (Å²) < 4.78 is 31.0. The van der Waals surface area contributed by atoms with Crippen molar-refractivity contribution in [1.82, 2.24) is 0 Å². The van der Waals surface area contributed by atoms with E-state index in [0.717, 1.165) is 0 Å². The van der Waals surface area contributed by atoms with Crippen LogP contribution in [0.1, 0.15) is 6.42 Å². The first kappa shape index (κ1) is 13.8. The third-order valence-electron chi connectivity index (χ3n) is 3.12. The highest BCUT2D eigenvalue weighted by Gasteiger charge is 2.30. The molecule has 1 fully saturated rings. The van der Waals surface area contributed by atoms with Crippen molar-refractivity contribution in [2.24, 2.45) is 11.7 Å². The molecule has 1 unspecified atom stereocenters. The van der Waals surface area contributed by atoms with Crippen molar-refractivity contribution in [1.29, 1.82) is 0 Å². The number of benzene rings is 1. The van der Waals surface area contributed by atoms with Gasteiger partial charge in [0.25, 0.3) is 10.1 Å². The predicted molar refractivity (Wildman–Crippen MR) is 70.2 cm³/mol. The number of anilines is 2. The largest absolute Gasteiger partial charge is 0.398 e. The van der Waals surface area contributed by atoms with Crippen molar-refractivity contribution in [2.75, 3.05) is 23.7 Å². The standard InChI is InChI=1S/C11H15N3O4S/c12-5-7-3-11(15)14(6-7)8-1-2-10(9(13)4-8)19(16,17)18/h1-2,4,7H,3,5-6,12-13H2,(H,16,17,18). The maximum absolute atomic E-state index is 11.8. The number of carbonyl (C=O) groups is 1. The molecular weight excluding hydrogens is 270 g/mol. The van der Waals surface area contributed by atoms with Gasteiger partial charge in [0.05, 0.1) is 5.69 Å². The molecule has 0 aliphatic carbocycles. The Balaban J connectivity index is 2.33. The Morgan fingerprint density at radius 1 is 1.42 bits per heavy atom. The van der Waals surface area contributed by atoms with E-state index < -0.39 is 10.1 Å². The zero-order valence-electron chi connectivity index (χ0n) is 10.1. The molecule has 1 aliphatic rings. The SMILES string of the molecule is NCC1CC(=O)N(c2ccc(S(=O)(=O)O)c(N)c2)C1. The fourth-order valence-electron chi connectivity index (χ4n) is 2.13. The summed E-state index contributed by atoms with van der Waals surface area (Å²) in [4.78, 5) is 13.0. The third-order valence-corrected chi connectivity index (χ3v) is 4.05. The van der Waals surface area contributed by atoms with Crippen LogP contribution in [0.5, 0.6) is 0 Å². The minimum absolute atomic E-state index is 0.0746. The molecule has 1 amide bonds. The molecule has 2 rings (SSSR count). The number of amides is 1. The highest BCUT2D eigenvalue weighted by molar-refractivity contribution is 7.86. The summed E-state index contributed by atoms with van der Waals surface area (Å²) >= 11 is 0. The molecule has 1 aliphatic heterocycles. The molecule has 1 heterocycles. The molecule has 0 saturated carbocycles. The topological polar surface area (TPSA) is 127 Å². The number of rotatable bonds is 3. The van der Waals surface area contributed by atoms with Crippen LogP contribution in [0.2, 0.25) is 0 Å². The van der Waals surface area contributed by atoms with Crippen LogP contribution in [0.25, 0.3) is 0 Å². The summed E-state index contributed by atoms with van der Waals surface area (Å²) in [5.41, 5.74) is 11.5. The summed E-state index contributed by atoms with van der Waals surface area (Å²) in [5, 5.41) is 0. The van der Waals surface area contributed by atoms with Crippen LogP contribution in [-0.2, 0) is 14.9 Å². The molecule has 1 saturated heterocycles. The lowest BCUT2D eigenvalue weighted by atomic mass is 10.1. The number of hydrogen-bond donors (Lipinski definition) is 3. The Kier molecular flexibility index (Phi) is 3.48. The van der Waals surface area contributed by atoms with Crippen molar-refractivity contribution >= 4 is 27.4 Å². The Hall–Kier alpha value is -1.64. The molecule has 0 aromatic heterocycles. The van der Waals surface area contributed by atoms with Gasteiger partial charge in [-0.15, -0.1) is 0 Å². The molecule has 7 nitrogen and oxygen atoms in total. The van der Waals surface area contributed by atoms with Crippen LogP contribution in [0.4, 0.5) is 11.4 Å². The zero-order chi connectivity index (χ0) is 14.2. The number of carbonyl (C=O) groups excluding carboxylic acids is 1. The van der Waals surface area contributed by atoms with E-state index in [1.54, 1.807) is 0 Å². The van der Waals surface area contributed by atoms with Crippen LogP contribution >= 0.6 is 0 Å². The van der Waals surface area contributed by atoms with Crippen molar-refractivity contribution < 1.29 is 17.8 Å². The maximum Gasteiger partial charge on any atom is 0.296 e. The fraction of sp³-hybridized carbons (Fsp3) is 0.364. The van der Waals surface area contributed by atoms with Gasteiger partial charge in [-0.3, -0.25) is 9.35 Å². The van der Waals surface area contributed by atoms with Gasteiger partial charge in [0.15, 0.2) is 0 Å². The minimum Gasteiger partial charge on any atom is -0.398 e. The number of nitrogens with zero attached hydrogens (tertiary/aromatic N) is 1. The maximum atomic E-state index is 11.8. The first-order valence-corrected chi connectivity index (χ1v) is 7.14. The summed E-state index contributed by atoms with van der Waals surface area (Å²) in [6.45, 7) is 0.904. The molecule has 5 N–H and O–H groups in total. The predicted octanol–water partition coefficient (Wildman–Crippen LogP) is -0.173. The van der Waals surface area contributed by atoms with Crippen LogP contribution in [0.15, 0.2) is 23.1 Å². The number of nitrogen functional groups attached to an aromatic ring is 1. The monoisotopic (exact) mass is 285 g/mol. The summed E-state index contributed by atoms with van der Waals surface area (Å²) in [6.07, 6.45) is 0.371. The quantitative estimate of drug-likeness (QED) is 0.522. The molecule has 1 aromatic rings. The van der Waals surface area contributed by atoms with Gasteiger partial charge >= 0.3 is 0 Å². The van der Waals surface area contributed by atoms with Gasteiger partial charge in [-0.1, -0.05) is 0 Å². The summed E-state index contributed by atoms with van der Waals surface area (Å²) in [6, 6.07) is 3.99. The average Bonchev–Trinajstić information content (AvgIpc) is 2.68. The van der Waals surface area contributed by atoms with Crippen molar-refractivity contribution in [3.05, 3.63) is 18.2 Å². The Bertz CT molecular complexity index is 614. The molecule has 0 radical (unpaired) electrons. The third kappa shape index (κ3) is 2.70. The summed E-state index contributed by atoms with van der Waals surface area (Å²) in [5.74, 6) is 0.0180. The van der Waals surface area contributed by atoms with Crippen LogP contribution in [-0.4, -0.2) is 32.0 Å². The van der Waals surface area contributed by atoms with Crippen LogP contribution in [0.3, 0.4) is 0 Å². The number of hydrogen-bond acceptors (Lipinski definition) is 5. The van der Waals surface area contributed by atoms with Crippen molar-refractivity contribution in [3.63, 3.8) is 0 Å². The Morgan fingerprint density at radius 3 is 2.58 bits per heavy atom. The molecule has 0 spiro atoms. The first-order valence-electron chi connectivity index (χ1n) is 5.70. The Morgan fingerprint density at radius 2 is 2.11 bits per heavy atom. The molecule has 0 bridgehead atoms. The normalized spacial score (nSPS) is 20.0. The highest BCUT2D eigenvalue weighted by Crippen LogP contribution is 2.29. The minimum atomic E-state index is -4.35. The van der Waals surface area contributed by atoms with Crippen LogP contribution < -0.4 is 16.4 Å². The smallest absolute Gasteiger partial charge is 0.296 e. The average molecular weight is 285 g/mol. The van der Waals surface area contributed by atoms with E-state index >= 15 is 0 Å². The van der Waals surface area contributed by atoms with E-state index in [1.165, 1.54) is 23.1 Å². The van der Waals surface area contributed by atoms with E-state index in [1.807, 2.05) is 0 Å². The van der Waals surface area contributed by atoms with Gasteiger partial charge in [0.1, 0.15) is 4.90 Å². The Labute approximate surface area is 110 Å². The van der Waals surface area contributed by atoms with Gasteiger partial charge < -0.3 is 16.4 Å². The van der Waals surface area contributed by atoms with E-state index in [0.29, 0.717) is 25.2 Å². The molecule has 19 heavy (non-hydrogen) atoms.